The van der Waals surface area contributed by atoms with Gasteiger partial charge in [0.15, 0.2) is 5.69 Å². The Morgan fingerprint density at radius 2 is 2.00 bits per heavy atom. The van der Waals surface area contributed by atoms with Crippen molar-refractivity contribution in [3.8, 4) is 0 Å². The number of benzene rings is 2. The summed E-state index contributed by atoms with van der Waals surface area (Å²) in [5, 5.41) is 7.78. The van der Waals surface area contributed by atoms with E-state index < -0.39 is 0 Å². The van der Waals surface area contributed by atoms with Crippen molar-refractivity contribution in [3.63, 3.8) is 0 Å². The van der Waals surface area contributed by atoms with E-state index in [0.717, 1.165) is 16.6 Å². The Morgan fingerprint density at radius 3 is 2.71 bits per heavy atom. The van der Waals surface area contributed by atoms with Crippen LogP contribution < -0.4 is 10.6 Å². The number of aromatic amines is 1. The van der Waals surface area contributed by atoms with Crippen LogP contribution in [0.5, 0.6) is 0 Å². The highest BCUT2D eigenvalue weighted by atomic mass is 16.2. The zero-order valence-corrected chi connectivity index (χ0v) is 11.7. The average Bonchev–Trinajstić information content (AvgIpc) is 2.92. The van der Waals surface area contributed by atoms with E-state index in [1.807, 2.05) is 43.3 Å². The molecule has 0 atom stereocenters. The molecule has 5 heteroatoms. The van der Waals surface area contributed by atoms with E-state index in [0.29, 0.717) is 17.9 Å². The summed E-state index contributed by atoms with van der Waals surface area (Å²) in [7, 11) is 0. The Bertz CT molecular complexity index is 779. The number of carbonyl (C=O) groups excluding carboxylic acids is 1. The van der Waals surface area contributed by atoms with Crippen molar-refractivity contribution in [1.29, 1.82) is 0 Å². The SMILES string of the molecule is CCN(C(=O)c1n[nH]c2ccc(N)cc12)c1ccccc1. The summed E-state index contributed by atoms with van der Waals surface area (Å²) >= 11 is 0. The summed E-state index contributed by atoms with van der Waals surface area (Å²) in [6, 6.07) is 14.9. The third kappa shape index (κ3) is 2.33. The van der Waals surface area contributed by atoms with Crippen LogP contribution in [0.2, 0.25) is 0 Å². The molecule has 5 nitrogen and oxygen atoms in total. The van der Waals surface area contributed by atoms with Crippen molar-refractivity contribution in [2.45, 2.75) is 6.92 Å². The first-order chi connectivity index (χ1) is 10.2. The van der Waals surface area contributed by atoms with Crippen LogP contribution in [0.1, 0.15) is 17.4 Å². The Balaban J connectivity index is 2.05. The van der Waals surface area contributed by atoms with Crippen LogP contribution in [-0.2, 0) is 0 Å². The number of nitrogens with two attached hydrogens (primary N) is 1. The fraction of sp³-hybridized carbons (Fsp3) is 0.125. The highest BCUT2D eigenvalue weighted by molar-refractivity contribution is 6.12. The standard InChI is InChI=1S/C16H16N4O/c1-2-20(12-6-4-3-5-7-12)16(21)15-13-10-11(17)8-9-14(13)18-19-15/h3-10H,2,17H2,1H3,(H,18,19). The zero-order valence-electron chi connectivity index (χ0n) is 11.7. The Morgan fingerprint density at radius 1 is 1.24 bits per heavy atom. The number of carbonyl (C=O) groups is 1. The van der Waals surface area contributed by atoms with Crippen molar-refractivity contribution in [1.82, 2.24) is 10.2 Å². The van der Waals surface area contributed by atoms with Gasteiger partial charge in [-0.25, -0.2) is 0 Å². The topological polar surface area (TPSA) is 75.0 Å². The number of nitrogens with zero attached hydrogens (tertiary/aromatic N) is 2. The first kappa shape index (κ1) is 13.2. The Hall–Kier alpha value is -2.82. The molecule has 0 saturated carbocycles. The largest absolute Gasteiger partial charge is 0.399 e. The van der Waals surface area contributed by atoms with Crippen LogP contribution in [0.3, 0.4) is 0 Å². The average molecular weight is 280 g/mol. The molecule has 3 N–H and O–H groups in total. The van der Waals surface area contributed by atoms with Gasteiger partial charge in [-0.05, 0) is 37.3 Å². The fourth-order valence-corrected chi connectivity index (χ4v) is 2.37. The number of nitrogens with one attached hydrogen (secondary N) is 1. The van der Waals surface area contributed by atoms with Crippen LogP contribution in [0.25, 0.3) is 10.9 Å². The number of hydrogen-bond acceptors (Lipinski definition) is 3. The van der Waals surface area contributed by atoms with E-state index in [9.17, 15) is 4.79 Å². The van der Waals surface area contributed by atoms with E-state index in [-0.39, 0.29) is 5.91 Å². The van der Waals surface area contributed by atoms with Crippen molar-refractivity contribution in [2.24, 2.45) is 0 Å². The molecule has 3 aromatic rings. The highest BCUT2D eigenvalue weighted by Gasteiger charge is 2.21. The molecular formula is C16H16N4O. The van der Waals surface area contributed by atoms with Crippen molar-refractivity contribution in [3.05, 3.63) is 54.2 Å². The van der Waals surface area contributed by atoms with E-state index >= 15 is 0 Å². The summed E-state index contributed by atoms with van der Waals surface area (Å²) in [5.74, 6) is -0.138. The minimum absolute atomic E-state index is 0.138. The first-order valence-corrected chi connectivity index (χ1v) is 6.81. The van der Waals surface area contributed by atoms with Crippen LogP contribution in [0.4, 0.5) is 11.4 Å². The van der Waals surface area contributed by atoms with Gasteiger partial charge in [-0.3, -0.25) is 9.89 Å². The van der Waals surface area contributed by atoms with Gasteiger partial charge in [0, 0.05) is 23.3 Å². The normalized spacial score (nSPS) is 10.7. The minimum atomic E-state index is -0.138. The van der Waals surface area contributed by atoms with Crippen molar-refractivity contribution < 1.29 is 4.79 Å². The number of H-pyrrole nitrogens is 1. The number of rotatable bonds is 3. The highest BCUT2D eigenvalue weighted by Crippen LogP contribution is 2.22. The Kier molecular flexibility index (Phi) is 3.31. The second kappa shape index (κ2) is 5.28. The van der Waals surface area contributed by atoms with Gasteiger partial charge < -0.3 is 10.6 Å². The molecule has 0 spiro atoms. The second-order valence-corrected chi connectivity index (χ2v) is 4.76. The predicted molar refractivity (Wildman–Crippen MR) is 84.3 cm³/mol. The molecule has 0 radical (unpaired) electrons. The number of anilines is 2. The van der Waals surface area contributed by atoms with Gasteiger partial charge in [0.05, 0.1) is 5.52 Å². The second-order valence-electron chi connectivity index (χ2n) is 4.76. The number of para-hydroxylation sites is 1. The van der Waals surface area contributed by atoms with Crippen LogP contribution >= 0.6 is 0 Å². The minimum Gasteiger partial charge on any atom is -0.399 e. The molecule has 21 heavy (non-hydrogen) atoms. The molecule has 0 aliphatic carbocycles. The number of amides is 1. The summed E-state index contributed by atoms with van der Waals surface area (Å²) < 4.78 is 0. The lowest BCUT2D eigenvalue weighted by atomic mass is 10.1. The van der Waals surface area contributed by atoms with E-state index in [4.69, 9.17) is 5.73 Å². The van der Waals surface area contributed by atoms with E-state index in [1.54, 1.807) is 17.0 Å². The van der Waals surface area contributed by atoms with Gasteiger partial charge in [0.1, 0.15) is 0 Å². The number of fused-ring (bicyclic) bond motifs is 1. The quantitative estimate of drug-likeness (QED) is 0.724. The summed E-state index contributed by atoms with van der Waals surface area (Å²) in [6.45, 7) is 2.51. The van der Waals surface area contributed by atoms with Gasteiger partial charge in [0.2, 0.25) is 0 Å². The molecule has 0 bridgehead atoms. The van der Waals surface area contributed by atoms with Gasteiger partial charge in [-0.15, -0.1) is 0 Å². The maximum Gasteiger partial charge on any atom is 0.279 e. The van der Waals surface area contributed by atoms with Gasteiger partial charge >= 0.3 is 0 Å². The molecule has 0 fully saturated rings. The van der Waals surface area contributed by atoms with Gasteiger partial charge in [-0.2, -0.15) is 5.10 Å². The van der Waals surface area contributed by atoms with Gasteiger partial charge in [0.25, 0.3) is 5.91 Å². The van der Waals surface area contributed by atoms with Gasteiger partial charge in [-0.1, -0.05) is 18.2 Å². The molecule has 106 valence electrons. The maximum absolute atomic E-state index is 12.8. The van der Waals surface area contributed by atoms with Crippen molar-refractivity contribution >= 4 is 28.2 Å². The molecule has 0 unspecified atom stereocenters. The molecule has 2 aromatic carbocycles. The molecule has 0 aliphatic heterocycles. The number of nitrogen functional groups attached to an aromatic ring is 1. The Labute approximate surface area is 122 Å². The molecular weight excluding hydrogens is 264 g/mol. The molecule has 3 rings (SSSR count). The van der Waals surface area contributed by atoms with Crippen LogP contribution in [-0.4, -0.2) is 22.6 Å². The molecule has 0 aliphatic rings. The summed E-state index contributed by atoms with van der Waals surface area (Å²) in [6.07, 6.45) is 0. The lowest BCUT2D eigenvalue weighted by Crippen LogP contribution is -2.31. The lowest BCUT2D eigenvalue weighted by molar-refractivity contribution is 0.0985. The van der Waals surface area contributed by atoms with Crippen molar-refractivity contribution in [2.75, 3.05) is 17.2 Å². The monoisotopic (exact) mass is 280 g/mol. The number of aromatic nitrogens is 2. The summed E-state index contributed by atoms with van der Waals surface area (Å²) in [5.41, 5.74) is 8.46. The molecule has 1 amide bonds. The first-order valence-electron chi connectivity index (χ1n) is 6.81. The fourth-order valence-electron chi connectivity index (χ4n) is 2.37. The predicted octanol–water partition coefficient (Wildman–Crippen LogP) is 2.81. The summed E-state index contributed by atoms with van der Waals surface area (Å²) in [4.78, 5) is 14.5. The lowest BCUT2D eigenvalue weighted by Gasteiger charge is -2.20. The smallest absolute Gasteiger partial charge is 0.279 e. The van der Waals surface area contributed by atoms with E-state index in [2.05, 4.69) is 10.2 Å². The molecule has 1 heterocycles. The van der Waals surface area contributed by atoms with Crippen LogP contribution in [0, 0.1) is 0 Å². The number of hydrogen-bond donors (Lipinski definition) is 2. The molecule has 1 aromatic heterocycles. The van der Waals surface area contributed by atoms with Crippen LogP contribution in [0.15, 0.2) is 48.5 Å². The third-order valence-corrected chi connectivity index (χ3v) is 3.42. The zero-order chi connectivity index (χ0) is 14.8. The third-order valence-electron chi connectivity index (χ3n) is 3.42. The molecule has 0 saturated heterocycles. The maximum atomic E-state index is 12.8. The van der Waals surface area contributed by atoms with E-state index in [1.165, 1.54) is 0 Å².